The van der Waals surface area contributed by atoms with Crippen LogP contribution in [0, 0.1) is 0 Å². The summed E-state index contributed by atoms with van der Waals surface area (Å²) in [7, 11) is 2.82. The maximum atomic E-state index is 11.4. The van der Waals surface area contributed by atoms with Crippen molar-refractivity contribution in [2.45, 2.75) is 38.8 Å². The van der Waals surface area contributed by atoms with Crippen molar-refractivity contribution in [2.24, 2.45) is 0 Å². The van der Waals surface area contributed by atoms with Gasteiger partial charge in [-0.15, -0.1) is 0 Å². The van der Waals surface area contributed by atoms with Crippen molar-refractivity contribution in [1.29, 1.82) is 0 Å². The minimum atomic E-state index is -0.629. The van der Waals surface area contributed by atoms with Gasteiger partial charge in [0.1, 0.15) is 6.04 Å². The van der Waals surface area contributed by atoms with Gasteiger partial charge in [0.25, 0.3) is 0 Å². The lowest BCUT2D eigenvalue weighted by molar-refractivity contribution is -0.145. The number of methoxy groups -OCH3 is 2. The van der Waals surface area contributed by atoms with Crippen molar-refractivity contribution in [2.75, 3.05) is 14.2 Å². The Bertz CT molecular complexity index is 238. The van der Waals surface area contributed by atoms with E-state index >= 15 is 0 Å². The number of carbonyl (C=O) groups is 2. The first-order valence-corrected chi connectivity index (χ1v) is 4.74. The maximum Gasteiger partial charge on any atom is 0.328 e. The van der Waals surface area contributed by atoms with Crippen LogP contribution < -0.4 is 5.32 Å². The van der Waals surface area contributed by atoms with E-state index in [0.717, 1.165) is 0 Å². The van der Waals surface area contributed by atoms with E-state index in [-0.39, 0.29) is 12.3 Å². The average Bonchev–Trinajstić information content (AvgIpc) is 2.15. The fourth-order valence-corrected chi connectivity index (χ4v) is 0.987. The first-order chi connectivity index (χ1) is 6.82. The quantitative estimate of drug-likeness (QED) is 0.680. The summed E-state index contributed by atoms with van der Waals surface area (Å²) in [4.78, 5) is 22.5. The van der Waals surface area contributed by atoms with Crippen LogP contribution in [0.25, 0.3) is 0 Å². The highest BCUT2D eigenvalue weighted by atomic mass is 16.5. The summed E-state index contributed by atoms with van der Waals surface area (Å²) in [5.74, 6) is -0.696. The number of nitrogens with one attached hydrogen (secondary N) is 1. The van der Waals surface area contributed by atoms with Gasteiger partial charge in [0, 0.05) is 7.11 Å². The van der Waals surface area contributed by atoms with Crippen LogP contribution in [-0.4, -0.2) is 37.7 Å². The van der Waals surface area contributed by atoms with Crippen molar-refractivity contribution in [3.8, 4) is 0 Å². The van der Waals surface area contributed by atoms with Gasteiger partial charge >= 0.3 is 5.97 Å². The Labute approximate surface area is 90.1 Å². The molecule has 0 rings (SSSR count). The maximum absolute atomic E-state index is 11.4. The van der Waals surface area contributed by atoms with Gasteiger partial charge in [-0.25, -0.2) is 4.79 Å². The number of hydrogen-bond acceptors (Lipinski definition) is 4. The molecule has 0 radical (unpaired) electrons. The van der Waals surface area contributed by atoms with E-state index in [0.29, 0.717) is 0 Å². The Hall–Kier alpha value is -1.10. The highest BCUT2D eigenvalue weighted by Crippen LogP contribution is 2.12. The van der Waals surface area contributed by atoms with E-state index < -0.39 is 17.6 Å². The van der Waals surface area contributed by atoms with Gasteiger partial charge in [-0.3, -0.25) is 4.79 Å². The predicted octanol–water partition coefficient (Wildman–Crippen LogP) is 0.479. The third kappa shape index (κ3) is 5.37. The largest absolute Gasteiger partial charge is 0.467 e. The first kappa shape index (κ1) is 13.9. The van der Waals surface area contributed by atoms with Gasteiger partial charge in [0.15, 0.2) is 0 Å². The third-order valence-corrected chi connectivity index (χ3v) is 2.07. The van der Waals surface area contributed by atoms with Crippen LogP contribution >= 0.6 is 0 Å². The second-order valence-corrected chi connectivity index (χ2v) is 3.95. The van der Waals surface area contributed by atoms with Crippen LogP contribution in [0.5, 0.6) is 0 Å². The molecule has 5 heteroatoms. The number of amides is 1. The molecule has 0 aromatic heterocycles. The molecular weight excluding hydrogens is 198 g/mol. The monoisotopic (exact) mass is 217 g/mol. The lowest BCUT2D eigenvalue weighted by atomic mass is 10.0. The molecule has 0 aliphatic heterocycles. The zero-order valence-electron chi connectivity index (χ0n) is 9.92. The van der Waals surface area contributed by atoms with E-state index in [1.165, 1.54) is 14.2 Å². The molecule has 1 N–H and O–H groups in total. The van der Waals surface area contributed by atoms with Crippen LogP contribution in [0.4, 0.5) is 0 Å². The topological polar surface area (TPSA) is 64.6 Å². The standard InChI is InChI=1S/C10H19NO4/c1-7(9(13)14-4)11-8(12)6-10(2,3)15-5/h7H,6H2,1-5H3,(H,11,12). The second-order valence-electron chi connectivity index (χ2n) is 3.95. The number of carbonyl (C=O) groups excluding carboxylic acids is 2. The SMILES string of the molecule is COC(=O)C(C)NC(=O)CC(C)(C)OC. The zero-order valence-corrected chi connectivity index (χ0v) is 9.92. The fraction of sp³-hybridized carbons (Fsp3) is 0.800. The number of hydrogen-bond donors (Lipinski definition) is 1. The fourth-order valence-electron chi connectivity index (χ4n) is 0.987. The molecule has 0 saturated carbocycles. The molecule has 0 spiro atoms. The van der Waals surface area contributed by atoms with Crippen molar-refractivity contribution < 1.29 is 19.1 Å². The van der Waals surface area contributed by atoms with Gasteiger partial charge < -0.3 is 14.8 Å². The molecule has 0 aliphatic carbocycles. The highest BCUT2D eigenvalue weighted by Gasteiger charge is 2.23. The molecule has 1 atom stereocenters. The Morgan fingerprint density at radius 2 is 1.87 bits per heavy atom. The lowest BCUT2D eigenvalue weighted by Crippen LogP contribution is -2.42. The molecule has 0 aromatic rings. The molecule has 1 amide bonds. The summed E-state index contributed by atoms with van der Waals surface area (Å²) in [6, 6.07) is -0.629. The first-order valence-electron chi connectivity index (χ1n) is 4.74. The molecular formula is C10H19NO4. The van der Waals surface area contributed by atoms with E-state index in [1.807, 2.05) is 0 Å². The van der Waals surface area contributed by atoms with E-state index in [4.69, 9.17) is 4.74 Å². The van der Waals surface area contributed by atoms with Crippen LogP contribution in [0.3, 0.4) is 0 Å². The number of esters is 1. The minimum Gasteiger partial charge on any atom is -0.467 e. The highest BCUT2D eigenvalue weighted by molar-refractivity contribution is 5.84. The van der Waals surface area contributed by atoms with Crippen molar-refractivity contribution in [1.82, 2.24) is 5.32 Å². The summed E-state index contributed by atoms with van der Waals surface area (Å²) in [6.45, 7) is 5.17. The summed E-state index contributed by atoms with van der Waals surface area (Å²) in [5, 5.41) is 2.53. The van der Waals surface area contributed by atoms with E-state index in [9.17, 15) is 9.59 Å². The van der Waals surface area contributed by atoms with Gasteiger partial charge in [0.2, 0.25) is 5.91 Å². The van der Waals surface area contributed by atoms with Crippen molar-refractivity contribution >= 4 is 11.9 Å². The minimum absolute atomic E-state index is 0.199. The van der Waals surface area contributed by atoms with Gasteiger partial charge in [-0.2, -0.15) is 0 Å². The molecule has 0 bridgehead atoms. The van der Waals surface area contributed by atoms with E-state index in [1.54, 1.807) is 20.8 Å². The van der Waals surface area contributed by atoms with Gasteiger partial charge in [0.05, 0.1) is 19.1 Å². The summed E-state index contributed by atoms with van der Waals surface area (Å²) in [6.07, 6.45) is 0.199. The van der Waals surface area contributed by atoms with Crippen LogP contribution in [0.2, 0.25) is 0 Å². The zero-order chi connectivity index (χ0) is 12.1. The molecule has 0 aliphatic rings. The Balaban J connectivity index is 4.10. The Morgan fingerprint density at radius 1 is 1.33 bits per heavy atom. The smallest absolute Gasteiger partial charge is 0.328 e. The summed E-state index contributed by atoms with van der Waals surface area (Å²) in [5.41, 5.74) is -0.528. The molecule has 1 unspecified atom stereocenters. The van der Waals surface area contributed by atoms with Gasteiger partial charge in [-0.1, -0.05) is 0 Å². The molecule has 0 heterocycles. The Morgan fingerprint density at radius 3 is 2.27 bits per heavy atom. The molecule has 88 valence electrons. The number of rotatable bonds is 5. The van der Waals surface area contributed by atoms with Gasteiger partial charge in [-0.05, 0) is 20.8 Å². The van der Waals surface area contributed by atoms with Crippen LogP contribution in [-0.2, 0) is 19.1 Å². The van der Waals surface area contributed by atoms with Crippen molar-refractivity contribution in [3.05, 3.63) is 0 Å². The van der Waals surface area contributed by atoms with E-state index in [2.05, 4.69) is 10.1 Å². The summed E-state index contributed by atoms with van der Waals surface area (Å²) < 4.78 is 9.58. The molecule has 0 saturated heterocycles. The summed E-state index contributed by atoms with van der Waals surface area (Å²) >= 11 is 0. The Kier molecular flexibility index (Phi) is 5.28. The molecule has 5 nitrogen and oxygen atoms in total. The van der Waals surface area contributed by atoms with Crippen molar-refractivity contribution in [3.63, 3.8) is 0 Å². The van der Waals surface area contributed by atoms with Crippen LogP contribution in [0.1, 0.15) is 27.2 Å². The number of ether oxygens (including phenoxy) is 2. The molecule has 0 aromatic carbocycles. The normalized spacial score (nSPS) is 13.1. The average molecular weight is 217 g/mol. The van der Waals surface area contributed by atoms with Crippen LogP contribution in [0.15, 0.2) is 0 Å². The molecule has 0 fully saturated rings. The lowest BCUT2D eigenvalue weighted by Gasteiger charge is -2.22. The third-order valence-electron chi connectivity index (χ3n) is 2.07. The second kappa shape index (κ2) is 5.70. The predicted molar refractivity (Wildman–Crippen MR) is 55.3 cm³/mol. The molecule has 15 heavy (non-hydrogen) atoms.